The van der Waals surface area contributed by atoms with Crippen LogP contribution in [0.25, 0.3) is 0 Å². The third-order valence-corrected chi connectivity index (χ3v) is 16.5. The van der Waals surface area contributed by atoms with E-state index < -0.39 is 53.4 Å². The van der Waals surface area contributed by atoms with E-state index in [2.05, 4.69) is 55.5 Å². The Morgan fingerprint density at radius 3 is 1.80 bits per heavy atom. The van der Waals surface area contributed by atoms with Crippen molar-refractivity contribution in [1.29, 1.82) is 0 Å². The molecular formula is C62H81N9O8. The highest BCUT2D eigenvalue weighted by molar-refractivity contribution is 5.96. The molecule has 79 heavy (non-hydrogen) atoms. The van der Waals surface area contributed by atoms with Gasteiger partial charge < -0.3 is 41.5 Å². The molecule has 4 aromatic rings. The van der Waals surface area contributed by atoms with Crippen molar-refractivity contribution >= 4 is 41.4 Å². The molecule has 3 aliphatic carbocycles. The molecule has 0 bridgehead atoms. The number of nitrogens with one attached hydrogen (secondary N) is 7. The van der Waals surface area contributed by atoms with Crippen LogP contribution in [-0.2, 0) is 54.8 Å². The molecule has 7 N–H and O–H groups in total. The standard InChI is InChI=1S/C62H81N9O8/c1-38(63-6)55(72)68-54(62(3,4)5)61(78)70-36-45(34-53(70)59(76)67-52-25-15-19-43-17-9-11-21-48(43)52)65-57(74)44-30-26-41(27-31-44)37-79-46-32-28-40(29-33-46)35-71(69-56(73)39(2)64-7)60(77)50-23-13-12-22-49(50)58(75)66-51-24-14-18-42-16-8-10-20-47(42)51/h8-11,16-17,20-21,26-33,38-39,45,49-54,63-64H,12-15,18-19,22-25,34-37H2,1-7H3,(H,65,74)(H,66,75)(H,67,76)(H,68,72)(H,69,73)/t38?,39?,45-,49+,50+,51+,52+,53?,54?/m0/s1. The third kappa shape index (κ3) is 14.4. The Kier molecular flexibility index (Phi) is 19.3. The first-order chi connectivity index (χ1) is 37.9. The summed E-state index contributed by atoms with van der Waals surface area (Å²) in [5.74, 6) is -2.72. The van der Waals surface area contributed by atoms with Crippen LogP contribution in [-0.4, -0.2) is 102 Å². The maximum atomic E-state index is 14.6. The van der Waals surface area contributed by atoms with Crippen molar-refractivity contribution in [2.45, 2.75) is 161 Å². The Bertz CT molecular complexity index is 2820. The maximum absolute atomic E-state index is 14.6. The number of aryl methyl sites for hydroxylation is 2. The number of benzene rings is 4. The van der Waals surface area contributed by atoms with Gasteiger partial charge in [-0.2, -0.15) is 0 Å². The molecular weight excluding hydrogens is 999 g/mol. The molecule has 2 fully saturated rings. The van der Waals surface area contributed by atoms with Crippen LogP contribution in [0.1, 0.15) is 148 Å². The summed E-state index contributed by atoms with van der Waals surface area (Å²) in [6.07, 6.45) is 8.40. The van der Waals surface area contributed by atoms with E-state index >= 15 is 0 Å². The van der Waals surface area contributed by atoms with Crippen LogP contribution in [0.2, 0.25) is 0 Å². The van der Waals surface area contributed by atoms with E-state index in [9.17, 15) is 33.6 Å². The number of fused-ring (bicyclic) bond motifs is 2. The molecule has 1 saturated carbocycles. The Morgan fingerprint density at radius 2 is 1.20 bits per heavy atom. The summed E-state index contributed by atoms with van der Waals surface area (Å²) >= 11 is 0. The zero-order valence-electron chi connectivity index (χ0n) is 47.0. The van der Waals surface area contributed by atoms with Crippen molar-refractivity contribution in [1.82, 2.24) is 47.2 Å². The molecule has 1 heterocycles. The quantitative estimate of drug-likeness (QED) is 0.0555. The van der Waals surface area contributed by atoms with E-state index in [-0.39, 0.29) is 73.6 Å². The molecule has 8 rings (SSSR count). The van der Waals surface area contributed by atoms with Gasteiger partial charge >= 0.3 is 0 Å². The van der Waals surface area contributed by atoms with E-state index in [1.807, 2.05) is 63.2 Å². The monoisotopic (exact) mass is 1080 g/mol. The molecule has 4 unspecified atom stereocenters. The van der Waals surface area contributed by atoms with Crippen LogP contribution < -0.4 is 42.1 Å². The Morgan fingerprint density at radius 1 is 0.646 bits per heavy atom. The summed E-state index contributed by atoms with van der Waals surface area (Å²) in [5.41, 5.74) is 8.75. The lowest BCUT2D eigenvalue weighted by atomic mass is 9.77. The lowest BCUT2D eigenvalue weighted by molar-refractivity contribution is -0.151. The zero-order chi connectivity index (χ0) is 56.4. The molecule has 17 nitrogen and oxygen atoms in total. The van der Waals surface area contributed by atoms with E-state index in [1.54, 1.807) is 64.3 Å². The fourth-order valence-corrected chi connectivity index (χ4v) is 11.5. The van der Waals surface area contributed by atoms with Crippen LogP contribution in [0.4, 0.5) is 0 Å². The number of rotatable bonds is 18. The number of carbonyl (C=O) groups excluding carboxylic acids is 7. The molecule has 422 valence electrons. The smallest absolute Gasteiger partial charge is 0.255 e. The van der Waals surface area contributed by atoms with Gasteiger partial charge in [0.25, 0.3) is 11.8 Å². The Balaban J connectivity index is 0.892. The average molecular weight is 1080 g/mol. The molecule has 7 amide bonds. The maximum Gasteiger partial charge on any atom is 0.255 e. The predicted octanol–water partition coefficient (Wildman–Crippen LogP) is 6.27. The van der Waals surface area contributed by atoms with Crippen molar-refractivity contribution in [2.75, 3.05) is 20.6 Å². The van der Waals surface area contributed by atoms with Crippen molar-refractivity contribution in [3.8, 4) is 5.75 Å². The SMILES string of the molecule is CNC(C)C(=O)NC(C(=O)N1C[C@@H](NC(=O)c2ccc(COc3ccc(CN(NC(=O)C(C)NC)C(=O)[C@@H]4CCCC[C@H]4C(=O)N[C@@H]4CCCc5ccccc54)cc3)cc2)CC1C(=O)N[C@@H]1CCCc2ccccc21)C(C)(C)C. The number of ether oxygens (including phenoxy) is 1. The van der Waals surface area contributed by atoms with E-state index in [0.717, 1.165) is 73.6 Å². The van der Waals surface area contributed by atoms with Crippen LogP contribution >= 0.6 is 0 Å². The van der Waals surface area contributed by atoms with Crippen molar-refractivity contribution in [3.63, 3.8) is 0 Å². The fraction of sp³-hybridized carbons (Fsp3) is 0.500. The number of hydrogen-bond acceptors (Lipinski definition) is 10. The van der Waals surface area contributed by atoms with Crippen LogP contribution in [0, 0.1) is 17.3 Å². The highest BCUT2D eigenvalue weighted by atomic mass is 16.5. The van der Waals surface area contributed by atoms with E-state index in [0.29, 0.717) is 24.2 Å². The average Bonchev–Trinajstić information content (AvgIpc) is 3.94. The third-order valence-electron chi connectivity index (χ3n) is 16.5. The summed E-state index contributed by atoms with van der Waals surface area (Å²) in [7, 11) is 3.35. The number of carbonyl (C=O) groups is 7. The van der Waals surface area contributed by atoms with E-state index in [4.69, 9.17) is 4.74 Å². The molecule has 0 spiro atoms. The fourth-order valence-electron chi connectivity index (χ4n) is 11.5. The van der Waals surface area contributed by atoms with Gasteiger partial charge in [-0.3, -0.25) is 39.0 Å². The molecule has 0 aromatic heterocycles. The first kappa shape index (κ1) is 58.0. The number of likely N-dealkylation sites (tertiary alicyclic amines) is 1. The second kappa shape index (κ2) is 26.2. The topological polar surface area (TPSA) is 219 Å². The first-order valence-corrected chi connectivity index (χ1v) is 28.4. The minimum atomic E-state index is -0.941. The second-order valence-electron chi connectivity index (χ2n) is 23.1. The number of hydrogen-bond donors (Lipinski definition) is 7. The molecule has 17 heteroatoms. The summed E-state index contributed by atoms with van der Waals surface area (Å²) in [5, 5.41) is 19.8. The summed E-state index contributed by atoms with van der Waals surface area (Å²) in [6.45, 7) is 9.40. The van der Waals surface area contributed by atoms with Gasteiger partial charge in [0, 0.05) is 24.1 Å². The predicted molar refractivity (Wildman–Crippen MR) is 302 cm³/mol. The summed E-state index contributed by atoms with van der Waals surface area (Å²) in [6, 6.07) is 26.8. The normalized spacial score (nSPS) is 21.9. The molecule has 0 radical (unpaired) electrons. The van der Waals surface area contributed by atoms with Crippen LogP contribution in [0.15, 0.2) is 97.1 Å². The number of nitrogens with zero attached hydrogens (tertiary/aromatic N) is 2. The highest BCUT2D eigenvalue weighted by Crippen LogP contribution is 2.36. The number of hydrazine groups is 1. The van der Waals surface area contributed by atoms with Crippen molar-refractivity contribution in [3.05, 3.63) is 136 Å². The van der Waals surface area contributed by atoms with E-state index in [1.165, 1.54) is 21.0 Å². The summed E-state index contributed by atoms with van der Waals surface area (Å²) in [4.78, 5) is 99.3. The molecule has 4 aliphatic rings. The van der Waals surface area contributed by atoms with Crippen molar-refractivity contribution in [2.24, 2.45) is 17.3 Å². The molecule has 1 aliphatic heterocycles. The van der Waals surface area contributed by atoms with Crippen LogP contribution in [0.5, 0.6) is 5.75 Å². The van der Waals surface area contributed by atoms with Gasteiger partial charge in [0.05, 0.1) is 36.6 Å². The number of amides is 7. The molecule has 9 atom stereocenters. The zero-order valence-corrected chi connectivity index (χ0v) is 47.0. The highest BCUT2D eigenvalue weighted by Gasteiger charge is 2.46. The van der Waals surface area contributed by atoms with Crippen LogP contribution in [0.3, 0.4) is 0 Å². The molecule has 4 aromatic carbocycles. The Hall–Kier alpha value is -7.11. The van der Waals surface area contributed by atoms with Gasteiger partial charge in [0.2, 0.25) is 29.5 Å². The largest absolute Gasteiger partial charge is 0.489 e. The lowest BCUT2D eigenvalue weighted by Gasteiger charge is -2.36. The summed E-state index contributed by atoms with van der Waals surface area (Å²) < 4.78 is 6.16. The van der Waals surface area contributed by atoms with Gasteiger partial charge in [-0.05, 0) is 149 Å². The van der Waals surface area contributed by atoms with Gasteiger partial charge in [-0.15, -0.1) is 0 Å². The first-order valence-electron chi connectivity index (χ1n) is 28.4. The van der Waals surface area contributed by atoms with Gasteiger partial charge in [0.1, 0.15) is 24.4 Å². The van der Waals surface area contributed by atoms with Crippen molar-refractivity contribution < 1.29 is 38.3 Å². The number of likely N-dealkylation sites (N-methyl/N-ethyl adjacent to an activating group) is 2. The van der Waals surface area contributed by atoms with Gasteiger partial charge in [-0.25, -0.2) is 5.01 Å². The van der Waals surface area contributed by atoms with Gasteiger partial charge in [0.15, 0.2) is 0 Å². The molecule has 1 saturated heterocycles. The Labute approximate surface area is 465 Å². The van der Waals surface area contributed by atoms with Gasteiger partial charge in [-0.1, -0.05) is 106 Å². The second-order valence-corrected chi connectivity index (χ2v) is 23.1. The minimum absolute atomic E-state index is 0.0768. The lowest BCUT2D eigenvalue weighted by Crippen LogP contribution is -2.59. The minimum Gasteiger partial charge on any atom is -0.489 e.